The topological polar surface area (TPSA) is 50.8 Å². The first kappa shape index (κ1) is 19.4. The molecule has 5 nitrogen and oxygen atoms in total. The van der Waals surface area contributed by atoms with Gasteiger partial charge < -0.3 is 14.8 Å². The third-order valence-electron chi connectivity index (χ3n) is 4.60. The van der Waals surface area contributed by atoms with Crippen molar-refractivity contribution in [3.63, 3.8) is 0 Å². The molecular weight excluding hydrogens is 340 g/mol. The Morgan fingerprint density at radius 2 is 1.93 bits per heavy atom. The van der Waals surface area contributed by atoms with Crippen molar-refractivity contribution in [3.05, 3.63) is 65.2 Å². The fourth-order valence-electron chi connectivity index (χ4n) is 3.03. The number of ether oxygens (including phenoxy) is 2. The van der Waals surface area contributed by atoms with Crippen LogP contribution >= 0.6 is 0 Å². The number of carbonyl (C=O) groups is 1. The van der Waals surface area contributed by atoms with E-state index in [4.69, 9.17) is 9.47 Å². The van der Waals surface area contributed by atoms with Crippen molar-refractivity contribution >= 4 is 5.91 Å². The van der Waals surface area contributed by atoms with Crippen LogP contribution in [0.25, 0.3) is 0 Å². The first-order valence-electron chi connectivity index (χ1n) is 9.49. The van der Waals surface area contributed by atoms with Crippen LogP contribution in [0.15, 0.2) is 48.5 Å². The zero-order valence-electron chi connectivity index (χ0n) is 16.1. The van der Waals surface area contributed by atoms with Gasteiger partial charge in [-0.1, -0.05) is 29.8 Å². The number of amides is 1. The number of nitrogens with one attached hydrogen (secondary N) is 1. The van der Waals surface area contributed by atoms with Crippen LogP contribution in [0, 0.1) is 6.92 Å². The molecule has 0 unspecified atom stereocenters. The number of rotatable bonds is 7. The van der Waals surface area contributed by atoms with Gasteiger partial charge in [-0.3, -0.25) is 9.69 Å². The van der Waals surface area contributed by atoms with E-state index in [1.54, 1.807) is 0 Å². The van der Waals surface area contributed by atoms with Crippen LogP contribution in [-0.2, 0) is 11.3 Å². The Hall–Kier alpha value is -2.37. The molecule has 1 amide bonds. The predicted molar refractivity (Wildman–Crippen MR) is 106 cm³/mol. The Labute approximate surface area is 161 Å². The fourth-order valence-corrected chi connectivity index (χ4v) is 3.03. The standard InChI is InChI=1S/C22H28N2O3/c1-17-6-8-21(9-7-17)27-16-18(2)23-22(25)20-5-3-4-19(14-20)15-24-10-12-26-13-11-24/h3-9,14,18H,10-13,15-16H2,1-2H3,(H,23,25)/t18-/m0/s1. The molecule has 1 aliphatic rings. The molecular formula is C22H28N2O3. The lowest BCUT2D eigenvalue weighted by Crippen LogP contribution is -2.37. The Morgan fingerprint density at radius 1 is 1.19 bits per heavy atom. The molecule has 0 aromatic heterocycles. The summed E-state index contributed by atoms with van der Waals surface area (Å²) in [6, 6.07) is 15.7. The van der Waals surface area contributed by atoms with E-state index in [0.717, 1.165) is 44.2 Å². The van der Waals surface area contributed by atoms with Gasteiger partial charge in [-0.15, -0.1) is 0 Å². The van der Waals surface area contributed by atoms with Gasteiger partial charge in [0.25, 0.3) is 5.91 Å². The molecule has 0 aliphatic carbocycles. The van der Waals surface area contributed by atoms with E-state index in [2.05, 4.69) is 16.3 Å². The van der Waals surface area contributed by atoms with Crippen molar-refractivity contribution in [2.75, 3.05) is 32.9 Å². The number of morpholine rings is 1. The number of benzene rings is 2. The van der Waals surface area contributed by atoms with Gasteiger partial charge in [-0.25, -0.2) is 0 Å². The second kappa shape index (κ2) is 9.53. The third kappa shape index (κ3) is 6.08. The first-order chi connectivity index (χ1) is 13.1. The van der Waals surface area contributed by atoms with Crippen molar-refractivity contribution in [2.45, 2.75) is 26.4 Å². The summed E-state index contributed by atoms with van der Waals surface area (Å²) < 4.78 is 11.1. The normalized spacial score (nSPS) is 15.9. The minimum Gasteiger partial charge on any atom is -0.491 e. The molecule has 27 heavy (non-hydrogen) atoms. The molecule has 1 fully saturated rings. The summed E-state index contributed by atoms with van der Waals surface area (Å²) in [6.45, 7) is 8.69. The highest BCUT2D eigenvalue weighted by atomic mass is 16.5. The van der Waals surface area contributed by atoms with Gasteiger partial charge in [0.1, 0.15) is 12.4 Å². The quantitative estimate of drug-likeness (QED) is 0.816. The molecule has 144 valence electrons. The molecule has 3 rings (SSSR count). The minimum absolute atomic E-state index is 0.0705. The van der Waals surface area contributed by atoms with E-state index in [1.165, 1.54) is 5.56 Å². The van der Waals surface area contributed by atoms with E-state index in [-0.39, 0.29) is 11.9 Å². The van der Waals surface area contributed by atoms with E-state index in [9.17, 15) is 4.79 Å². The second-order valence-electron chi connectivity index (χ2n) is 7.09. The Kier molecular flexibility index (Phi) is 6.85. The molecule has 0 spiro atoms. The van der Waals surface area contributed by atoms with Crippen molar-refractivity contribution in [1.29, 1.82) is 0 Å². The number of nitrogens with zero attached hydrogens (tertiary/aromatic N) is 1. The van der Waals surface area contributed by atoms with Gasteiger partial charge in [0.2, 0.25) is 0 Å². The summed E-state index contributed by atoms with van der Waals surface area (Å²) in [4.78, 5) is 14.9. The average Bonchev–Trinajstić information content (AvgIpc) is 2.68. The predicted octanol–water partition coefficient (Wildman–Crippen LogP) is 3.02. The number of hydrogen-bond donors (Lipinski definition) is 1. The molecule has 0 radical (unpaired) electrons. The zero-order chi connectivity index (χ0) is 19.1. The monoisotopic (exact) mass is 368 g/mol. The SMILES string of the molecule is Cc1ccc(OC[C@H](C)NC(=O)c2cccc(CN3CCOCC3)c2)cc1. The number of carbonyl (C=O) groups excluding carboxylic acids is 1. The summed E-state index contributed by atoms with van der Waals surface area (Å²) in [5.41, 5.74) is 3.02. The summed E-state index contributed by atoms with van der Waals surface area (Å²) >= 11 is 0. The fraction of sp³-hybridized carbons (Fsp3) is 0.409. The Balaban J connectivity index is 1.50. The number of hydrogen-bond acceptors (Lipinski definition) is 4. The molecule has 1 N–H and O–H groups in total. The van der Waals surface area contributed by atoms with E-state index in [0.29, 0.717) is 12.2 Å². The molecule has 0 bridgehead atoms. The molecule has 1 aliphatic heterocycles. The highest BCUT2D eigenvalue weighted by Gasteiger charge is 2.14. The van der Waals surface area contributed by atoms with Crippen molar-refractivity contribution in [2.24, 2.45) is 0 Å². The van der Waals surface area contributed by atoms with Crippen molar-refractivity contribution < 1.29 is 14.3 Å². The molecule has 1 atom stereocenters. The minimum atomic E-state index is -0.0818. The van der Waals surface area contributed by atoms with Crippen LogP contribution in [0.4, 0.5) is 0 Å². The van der Waals surface area contributed by atoms with Crippen LogP contribution in [-0.4, -0.2) is 49.8 Å². The first-order valence-corrected chi connectivity index (χ1v) is 9.49. The summed E-state index contributed by atoms with van der Waals surface area (Å²) in [7, 11) is 0. The Bertz CT molecular complexity index is 739. The molecule has 0 saturated carbocycles. The second-order valence-corrected chi connectivity index (χ2v) is 7.09. The average molecular weight is 368 g/mol. The molecule has 1 heterocycles. The summed E-state index contributed by atoms with van der Waals surface area (Å²) in [6.07, 6.45) is 0. The van der Waals surface area contributed by atoms with Crippen LogP contribution < -0.4 is 10.1 Å². The van der Waals surface area contributed by atoms with Crippen LogP contribution in [0.2, 0.25) is 0 Å². The lowest BCUT2D eigenvalue weighted by atomic mass is 10.1. The summed E-state index contributed by atoms with van der Waals surface area (Å²) in [5, 5.41) is 3.01. The molecule has 2 aromatic rings. The van der Waals surface area contributed by atoms with Gasteiger partial charge in [0.15, 0.2) is 0 Å². The largest absolute Gasteiger partial charge is 0.491 e. The summed E-state index contributed by atoms with van der Waals surface area (Å²) in [5.74, 6) is 0.744. The van der Waals surface area contributed by atoms with Gasteiger partial charge in [-0.2, -0.15) is 0 Å². The van der Waals surface area contributed by atoms with Gasteiger partial charge >= 0.3 is 0 Å². The van der Waals surface area contributed by atoms with E-state index >= 15 is 0 Å². The van der Waals surface area contributed by atoms with Crippen molar-refractivity contribution in [1.82, 2.24) is 10.2 Å². The maximum atomic E-state index is 12.6. The lowest BCUT2D eigenvalue weighted by Gasteiger charge is -2.26. The zero-order valence-corrected chi connectivity index (χ0v) is 16.1. The van der Waals surface area contributed by atoms with Gasteiger partial charge in [0.05, 0.1) is 19.3 Å². The maximum Gasteiger partial charge on any atom is 0.251 e. The molecule has 2 aromatic carbocycles. The lowest BCUT2D eigenvalue weighted by molar-refractivity contribution is 0.0342. The van der Waals surface area contributed by atoms with E-state index in [1.807, 2.05) is 56.3 Å². The van der Waals surface area contributed by atoms with Gasteiger partial charge in [0, 0.05) is 25.2 Å². The molecule has 5 heteroatoms. The highest BCUT2D eigenvalue weighted by molar-refractivity contribution is 5.94. The maximum absolute atomic E-state index is 12.6. The van der Waals surface area contributed by atoms with Crippen LogP contribution in [0.3, 0.4) is 0 Å². The molecule has 1 saturated heterocycles. The number of aryl methyl sites for hydroxylation is 1. The smallest absolute Gasteiger partial charge is 0.251 e. The Morgan fingerprint density at radius 3 is 2.67 bits per heavy atom. The third-order valence-corrected chi connectivity index (χ3v) is 4.60. The van der Waals surface area contributed by atoms with E-state index < -0.39 is 0 Å². The highest BCUT2D eigenvalue weighted by Crippen LogP contribution is 2.12. The van der Waals surface area contributed by atoms with Crippen LogP contribution in [0.1, 0.15) is 28.4 Å². The van der Waals surface area contributed by atoms with Gasteiger partial charge in [-0.05, 0) is 43.7 Å². The van der Waals surface area contributed by atoms with Crippen LogP contribution in [0.5, 0.6) is 5.75 Å². The van der Waals surface area contributed by atoms with Crippen molar-refractivity contribution in [3.8, 4) is 5.75 Å².